The van der Waals surface area contributed by atoms with E-state index in [1.54, 1.807) is 7.11 Å². The van der Waals surface area contributed by atoms with Gasteiger partial charge in [-0.05, 0) is 17.7 Å². The Hall–Kier alpha value is -1.79. The number of amides is 2. The van der Waals surface area contributed by atoms with E-state index in [1.165, 1.54) is 0 Å². The fourth-order valence-electron chi connectivity index (χ4n) is 1.30. The smallest absolute Gasteiger partial charge is 0.239 e. The van der Waals surface area contributed by atoms with Crippen LogP contribution in [-0.2, 0) is 16.1 Å². The first kappa shape index (κ1) is 17.2. The summed E-state index contributed by atoms with van der Waals surface area (Å²) in [6.45, 7) is 0.192. The highest BCUT2D eigenvalue weighted by Gasteiger charge is 2.03. The second-order valence-corrected chi connectivity index (χ2v) is 3.61. The molecule has 1 rings (SSSR count). The second kappa shape index (κ2) is 9.18. The second-order valence-electron chi connectivity index (χ2n) is 3.61. The van der Waals surface area contributed by atoms with Crippen molar-refractivity contribution >= 4 is 24.2 Å². The first-order valence-corrected chi connectivity index (χ1v) is 5.52. The van der Waals surface area contributed by atoms with Gasteiger partial charge in [0.05, 0.1) is 20.2 Å². The van der Waals surface area contributed by atoms with Gasteiger partial charge in [0.25, 0.3) is 0 Å². The highest BCUT2D eigenvalue weighted by molar-refractivity contribution is 5.85. The summed E-state index contributed by atoms with van der Waals surface area (Å²) in [4.78, 5) is 22.2. The molecule has 0 aromatic heterocycles. The summed E-state index contributed by atoms with van der Waals surface area (Å²) in [5.41, 5.74) is 6.02. The van der Waals surface area contributed by atoms with E-state index in [0.29, 0.717) is 6.54 Å². The lowest BCUT2D eigenvalue weighted by Gasteiger charge is -2.07. The van der Waals surface area contributed by atoms with Crippen LogP contribution in [0.15, 0.2) is 24.3 Å². The average molecular weight is 288 g/mol. The van der Waals surface area contributed by atoms with E-state index < -0.39 is 0 Å². The molecule has 0 aliphatic rings. The van der Waals surface area contributed by atoms with Gasteiger partial charge in [-0.25, -0.2) is 0 Å². The zero-order valence-electron chi connectivity index (χ0n) is 10.6. The highest BCUT2D eigenvalue weighted by atomic mass is 35.5. The third kappa shape index (κ3) is 6.64. The lowest BCUT2D eigenvalue weighted by molar-refractivity contribution is -0.125. The summed E-state index contributed by atoms with van der Waals surface area (Å²) in [5.74, 6) is 0.115. The van der Waals surface area contributed by atoms with Crippen molar-refractivity contribution in [1.82, 2.24) is 10.6 Å². The third-order valence-electron chi connectivity index (χ3n) is 2.26. The maximum atomic E-state index is 11.4. The van der Waals surface area contributed by atoms with Gasteiger partial charge in [0.15, 0.2) is 0 Å². The van der Waals surface area contributed by atoms with Crippen molar-refractivity contribution in [3.8, 4) is 5.75 Å². The first-order chi connectivity index (χ1) is 8.65. The zero-order valence-corrected chi connectivity index (χ0v) is 11.5. The first-order valence-electron chi connectivity index (χ1n) is 5.52. The molecule has 0 spiro atoms. The van der Waals surface area contributed by atoms with E-state index in [0.717, 1.165) is 11.3 Å². The Kier molecular flexibility index (Phi) is 8.32. The predicted molar refractivity (Wildman–Crippen MR) is 74.2 cm³/mol. The van der Waals surface area contributed by atoms with Crippen LogP contribution < -0.4 is 21.1 Å². The molecule has 19 heavy (non-hydrogen) atoms. The Labute approximate surface area is 118 Å². The van der Waals surface area contributed by atoms with Gasteiger partial charge in [-0.1, -0.05) is 12.1 Å². The van der Waals surface area contributed by atoms with Crippen LogP contribution in [0.1, 0.15) is 5.56 Å². The summed E-state index contributed by atoms with van der Waals surface area (Å²) in [6.07, 6.45) is 0. The molecular formula is C12H18ClN3O3. The lowest BCUT2D eigenvalue weighted by atomic mass is 10.2. The standard InChI is InChI=1S/C12H17N3O3.ClH/c1-18-10-4-2-3-9(5-10)7-14-12(17)8-15-11(16)6-13;/h2-5H,6-8,13H2,1H3,(H,14,17)(H,15,16);1H. The maximum Gasteiger partial charge on any atom is 0.239 e. The minimum absolute atomic E-state index is 0. The van der Waals surface area contributed by atoms with Crippen molar-refractivity contribution in [3.05, 3.63) is 29.8 Å². The molecule has 0 heterocycles. The van der Waals surface area contributed by atoms with Crippen LogP contribution in [0.5, 0.6) is 5.75 Å². The molecule has 0 saturated carbocycles. The molecule has 0 aliphatic carbocycles. The van der Waals surface area contributed by atoms with E-state index in [1.807, 2.05) is 24.3 Å². The van der Waals surface area contributed by atoms with Gasteiger partial charge in [0, 0.05) is 6.54 Å². The molecular weight excluding hydrogens is 270 g/mol. The average Bonchev–Trinajstić information content (AvgIpc) is 2.42. The number of nitrogens with one attached hydrogen (secondary N) is 2. The van der Waals surface area contributed by atoms with E-state index in [-0.39, 0.29) is 37.3 Å². The monoisotopic (exact) mass is 287 g/mol. The third-order valence-corrected chi connectivity index (χ3v) is 2.26. The molecule has 0 bridgehead atoms. The molecule has 0 radical (unpaired) electrons. The molecule has 0 saturated heterocycles. The molecule has 7 heteroatoms. The summed E-state index contributed by atoms with van der Waals surface area (Å²) in [6, 6.07) is 7.38. The van der Waals surface area contributed by atoms with Gasteiger partial charge in [-0.3, -0.25) is 9.59 Å². The van der Waals surface area contributed by atoms with E-state index in [4.69, 9.17) is 10.5 Å². The quantitative estimate of drug-likeness (QED) is 0.676. The normalized spacial score (nSPS) is 9.16. The van der Waals surface area contributed by atoms with Crippen molar-refractivity contribution in [1.29, 1.82) is 0 Å². The Bertz CT molecular complexity index is 426. The Morgan fingerprint density at radius 2 is 2.00 bits per heavy atom. The Morgan fingerprint density at radius 1 is 1.26 bits per heavy atom. The molecule has 0 fully saturated rings. The number of hydrogen-bond donors (Lipinski definition) is 3. The van der Waals surface area contributed by atoms with E-state index in [2.05, 4.69) is 10.6 Å². The van der Waals surface area contributed by atoms with Crippen molar-refractivity contribution in [2.75, 3.05) is 20.2 Å². The van der Waals surface area contributed by atoms with Gasteiger partial charge < -0.3 is 21.1 Å². The van der Waals surface area contributed by atoms with Crippen LogP contribution in [0, 0.1) is 0 Å². The van der Waals surface area contributed by atoms with Crippen LogP contribution in [0.25, 0.3) is 0 Å². The summed E-state index contributed by atoms with van der Waals surface area (Å²) >= 11 is 0. The maximum absolute atomic E-state index is 11.4. The predicted octanol–water partition coefficient (Wildman–Crippen LogP) is -0.192. The Morgan fingerprint density at radius 3 is 2.63 bits per heavy atom. The van der Waals surface area contributed by atoms with Crippen molar-refractivity contribution < 1.29 is 14.3 Å². The van der Waals surface area contributed by atoms with Crippen LogP contribution in [-0.4, -0.2) is 32.0 Å². The summed E-state index contributed by atoms with van der Waals surface area (Å²) in [5, 5.41) is 5.07. The van der Waals surface area contributed by atoms with Gasteiger partial charge in [0.2, 0.25) is 11.8 Å². The minimum atomic E-state index is -0.355. The molecule has 106 valence electrons. The highest BCUT2D eigenvalue weighted by Crippen LogP contribution is 2.11. The van der Waals surface area contributed by atoms with Crippen LogP contribution >= 0.6 is 12.4 Å². The van der Waals surface area contributed by atoms with Gasteiger partial charge in [-0.15, -0.1) is 12.4 Å². The van der Waals surface area contributed by atoms with E-state index in [9.17, 15) is 9.59 Å². The van der Waals surface area contributed by atoms with Crippen molar-refractivity contribution in [3.63, 3.8) is 0 Å². The van der Waals surface area contributed by atoms with Gasteiger partial charge in [0.1, 0.15) is 5.75 Å². The van der Waals surface area contributed by atoms with Crippen molar-refractivity contribution in [2.45, 2.75) is 6.54 Å². The summed E-state index contributed by atoms with van der Waals surface area (Å²) in [7, 11) is 1.58. The molecule has 1 aromatic carbocycles. The van der Waals surface area contributed by atoms with Crippen LogP contribution in [0.3, 0.4) is 0 Å². The van der Waals surface area contributed by atoms with E-state index >= 15 is 0 Å². The molecule has 6 nitrogen and oxygen atoms in total. The number of carbonyl (C=O) groups is 2. The number of hydrogen-bond acceptors (Lipinski definition) is 4. The zero-order chi connectivity index (χ0) is 13.4. The fourth-order valence-corrected chi connectivity index (χ4v) is 1.30. The number of halogens is 1. The largest absolute Gasteiger partial charge is 0.497 e. The number of nitrogens with two attached hydrogens (primary N) is 1. The van der Waals surface area contributed by atoms with Crippen LogP contribution in [0.2, 0.25) is 0 Å². The molecule has 0 atom stereocenters. The number of benzene rings is 1. The van der Waals surface area contributed by atoms with Gasteiger partial charge >= 0.3 is 0 Å². The van der Waals surface area contributed by atoms with Gasteiger partial charge in [-0.2, -0.15) is 0 Å². The Balaban J connectivity index is 0.00000324. The molecule has 2 amide bonds. The van der Waals surface area contributed by atoms with Crippen molar-refractivity contribution in [2.24, 2.45) is 5.73 Å². The topological polar surface area (TPSA) is 93.5 Å². The number of methoxy groups -OCH3 is 1. The molecule has 1 aromatic rings. The number of rotatable bonds is 6. The SMILES string of the molecule is COc1cccc(CNC(=O)CNC(=O)CN)c1.Cl. The van der Waals surface area contributed by atoms with Crippen LogP contribution in [0.4, 0.5) is 0 Å². The number of carbonyl (C=O) groups excluding carboxylic acids is 2. The fraction of sp³-hybridized carbons (Fsp3) is 0.333. The lowest BCUT2D eigenvalue weighted by Crippen LogP contribution is -2.39. The minimum Gasteiger partial charge on any atom is -0.497 e. The molecule has 0 unspecified atom stereocenters. The molecule has 4 N–H and O–H groups in total. The summed E-state index contributed by atoms with van der Waals surface area (Å²) < 4.78 is 5.07. The number of ether oxygens (including phenoxy) is 1. The molecule has 0 aliphatic heterocycles.